The van der Waals surface area contributed by atoms with E-state index in [0.29, 0.717) is 35.2 Å². The van der Waals surface area contributed by atoms with Gasteiger partial charge in [-0.25, -0.2) is 9.78 Å². The summed E-state index contributed by atoms with van der Waals surface area (Å²) in [7, 11) is 0. The van der Waals surface area contributed by atoms with Gasteiger partial charge in [0.25, 0.3) is 0 Å². The van der Waals surface area contributed by atoms with Crippen LogP contribution < -0.4 is 9.47 Å². The summed E-state index contributed by atoms with van der Waals surface area (Å²) in [6, 6.07) is 13.5. The lowest BCUT2D eigenvalue weighted by molar-refractivity contribution is 0.0684. The molecular weight excluding hydrogens is 404 g/mol. The van der Waals surface area contributed by atoms with Crippen LogP contribution >= 0.6 is 11.6 Å². The molecule has 2 aromatic carbocycles. The zero-order valence-corrected chi connectivity index (χ0v) is 17.6. The van der Waals surface area contributed by atoms with Crippen molar-refractivity contribution in [1.82, 2.24) is 9.55 Å². The van der Waals surface area contributed by atoms with E-state index >= 15 is 0 Å². The maximum Gasteiger partial charge on any atom is 0.354 e. The molecule has 0 saturated carbocycles. The summed E-state index contributed by atoms with van der Waals surface area (Å²) in [5.74, 6) is 1.00. The Hall–Kier alpha value is -2.99. The number of hydrogen-bond acceptors (Lipinski definition) is 4. The standard InChI is InChI=1S/C23H23ClN2O4/c1-14(2)22-25-18(9-8-15-6-4-3-5-7-15)21(23(27)28)26(22)12-16-10-19-20(11-17(16)24)30-13-29-19/h3-7,10-11,14H,8-9,12-13H2,1-2H3,(H,27,28). The molecule has 7 heteroatoms. The fourth-order valence-electron chi connectivity index (χ4n) is 3.69. The molecule has 0 saturated heterocycles. The maximum atomic E-state index is 12.2. The molecule has 6 nitrogen and oxygen atoms in total. The quantitative estimate of drug-likeness (QED) is 0.580. The Labute approximate surface area is 180 Å². The van der Waals surface area contributed by atoms with E-state index in [-0.39, 0.29) is 18.4 Å². The molecule has 30 heavy (non-hydrogen) atoms. The van der Waals surface area contributed by atoms with E-state index in [4.69, 9.17) is 26.1 Å². The lowest BCUT2D eigenvalue weighted by atomic mass is 10.1. The molecule has 0 unspecified atom stereocenters. The lowest BCUT2D eigenvalue weighted by Gasteiger charge is -2.14. The van der Waals surface area contributed by atoms with Crippen LogP contribution in [0.25, 0.3) is 0 Å². The van der Waals surface area contributed by atoms with Gasteiger partial charge in [-0.15, -0.1) is 0 Å². The number of aromatic carboxylic acids is 1. The Bertz CT molecular complexity index is 1080. The zero-order chi connectivity index (χ0) is 21.3. The van der Waals surface area contributed by atoms with E-state index in [1.807, 2.05) is 50.2 Å². The van der Waals surface area contributed by atoms with Gasteiger partial charge in [0.05, 0.1) is 12.2 Å². The fourth-order valence-corrected chi connectivity index (χ4v) is 3.91. The van der Waals surface area contributed by atoms with E-state index in [9.17, 15) is 9.90 Å². The summed E-state index contributed by atoms with van der Waals surface area (Å²) in [4.78, 5) is 16.9. The van der Waals surface area contributed by atoms with E-state index < -0.39 is 5.97 Å². The van der Waals surface area contributed by atoms with Crippen molar-refractivity contribution in [3.8, 4) is 11.5 Å². The normalized spacial score (nSPS) is 12.5. The highest BCUT2D eigenvalue weighted by atomic mass is 35.5. The van der Waals surface area contributed by atoms with Gasteiger partial charge in [-0.05, 0) is 30.0 Å². The summed E-state index contributed by atoms with van der Waals surface area (Å²) in [5.41, 5.74) is 2.71. The average Bonchev–Trinajstić information content (AvgIpc) is 3.31. The molecular formula is C23H23ClN2O4. The Morgan fingerprint density at radius 2 is 1.87 bits per heavy atom. The van der Waals surface area contributed by atoms with Crippen LogP contribution in [-0.2, 0) is 19.4 Å². The predicted molar refractivity (Wildman–Crippen MR) is 114 cm³/mol. The van der Waals surface area contributed by atoms with Crippen molar-refractivity contribution in [2.24, 2.45) is 0 Å². The number of rotatable bonds is 7. The molecule has 1 aliphatic heterocycles. The molecule has 1 N–H and O–H groups in total. The molecule has 1 aromatic heterocycles. The van der Waals surface area contributed by atoms with Gasteiger partial charge in [0.2, 0.25) is 6.79 Å². The lowest BCUT2D eigenvalue weighted by Crippen LogP contribution is -2.15. The third kappa shape index (κ3) is 4.00. The van der Waals surface area contributed by atoms with Gasteiger partial charge in [-0.3, -0.25) is 0 Å². The van der Waals surface area contributed by atoms with Crippen molar-refractivity contribution < 1.29 is 19.4 Å². The number of carbonyl (C=O) groups is 1. The number of nitrogens with zero attached hydrogens (tertiary/aromatic N) is 2. The molecule has 0 spiro atoms. The van der Waals surface area contributed by atoms with Crippen LogP contribution in [0.4, 0.5) is 0 Å². The highest BCUT2D eigenvalue weighted by molar-refractivity contribution is 6.31. The third-order valence-electron chi connectivity index (χ3n) is 5.15. The molecule has 0 aliphatic carbocycles. The first-order chi connectivity index (χ1) is 14.4. The van der Waals surface area contributed by atoms with Crippen molar-refractivity contribution >= 4 is 17.6 Å². The molecule has 2 heterocycles. The number of fused-ring (bicyclic) bond motifs is 1. The van der Waals surface area contributed by atoms with Crippen molar-refractivity contribution in [1.29, 1.82) is 0 Å². The van der Waals surface area contributed by atoms with Crippen LogP contribution in [0.15, 0.2) is 42.5 Å². The number of aryl methyl sites for hydroxylation is 2. The second kappa shape index (κ2) is 8.40. The smallest absolute Gasteiger partial charge is 0.354 e. The summed E-state index contributed by atoms with van der Waals surface area (Å²) in [6.07, 6.45) is 1.27. The monoisotopic (exact) mass is 426 g/mol. The van der Waals surface area contributed by atoms with Gasteiger partial charge in [0, 0.05) is 17.0 Å². The van der Waals surface area contributed by atoms with E-state index in [2.05, 4.69) is 0 Å². The number of aromatic nitrogens is 2. The van der Waals surface area contributed by atoms with Crippen LogP contribution in [0.5, 0.6) is 11.5 Å². The second-order valence-electron chi connectivity index (χ2n) is 7.59. The maximum absolute atomic E-state index is 12.2. The Balaban J connectivity index is 1.71. The average molecular weight is 427 g/mol. The molecule has 0 radical (unpaired) electrons. The molecule has 156 valence electrons. The Morgan fingerprint density at radius 3 is 2.53 bits per heavy atom. The highest BCUT2D eigenvalue weighted by Crippen LogP contribution is 2.37. The van der Waals surface area contributed by atoms with Crippen LogP contribution in [0, 0.1) is 0 Å². The number of imidazole rings is 1. The minimum absolute atomic E-state index is 0.0568. The van der Waals surface area contributed by atoms with Crippen molar-refractivity contribution in [3.63, 3.8) is 0 Å². The van der Waals surface area contributed by atoms with Crippen LogP contribution in [0.2, 0.25) is 5.02 Å². The van der Waals surface area contributed by atoms with Crippen LogP contribution in [0.1, 0.15) is 52.9 Å². The molecule has 1 aliphatic rings. The number of hydrogen-bond donors (Lipinski definition) is 1. The number of halogens is 1. The number of carboxylic acids is 1. The van der Waals surface area contributed by atoms with Crippen molar-refractivity contribution in [2.75, 3.05) is 6.79 Å². The van der Waals surface area contributed by atoms with Gasteiger partial charge < -0.3 is 19.1 Å². The molecule has 3 aromatic rings. The van der Waals surface area contributed by atoms with Gasteiger partial charge in [-0.2, -0.15) is 0 Å². The zero-order valence-electron chi connectivity index (χ0n) is 16.9. The number of benzene rings is 2. The predicted octanol–water partition coefficient (Wildman–Crippen LogP) is 4.92. The minimum atomic E-state index is -0.991. The van der Waals surface area contributed by atoms with Gasteiger partial charge >= 0.3 is 5.97 Å². The van der Waals surface area contributed by atoms with E-state index in [1.54, 1.807) is 10.6 Å². The largest absolute Gasteiger partial charge is 0.477 e. The van der Waals surface area contributed by atoms with Gasteiger partial charge in [-0.1, -0.05) is 55.8 Å². The summed E-state index contributed by atoms with van der Waals surface area (Å²) in [6.45, 7) is 4.46. The van der Waals surface area contributed by atoms with Gasteiger partial charge in [0.1, 0.15) is 5.82 Å². The molecule has 4 rings (SSSR count). The van der Waals surface area contributed by atoms with E-state index in [0.717, 1.165) is 23.4 Å². The Morgan fingerprint density at radius 1 is 1.17 bits per heavy atom. The second-order valence-corrected chi connectivity index (χ2v) is 8.00. The first-order valence-electron chi connectivity index (χ1n) is 9.88. The Kier molecular flexibility index (Phi) is 5.68. The molecule has 0 atom stereocenters. The summed E-state index contributed by atoms with van der Waals surface area (Å²) >= 11 is 6.45. The number of ether oxygens (including phenoxy) is 2. The first-order valence-corrected chi connectivity index (χ1v) is 10.3. The van der Waals surface area contributed by atoms with E-state index in [1.165, 1.54) is 0 Å². The summed E-state index contributed by atoms with van der Waals surface area (Å²) in [5, 5.41) is 10.5. The summed E-state index contributed by atoms with van der Waals surface area (Å²) < 4.78 is 12.6. The number of carboxylic acid groups (broad SMARTS) is 1. The fraction of sp³-hybridized carbons (Fsp3) is 0.304. The van der Waals surface area contributed by atoms with Gasteiger partial charge in [0.15, 0.2) is 17.2 Å². The van der Waals surface area contributed by atoms with Crippen molar-refractivity contribution in [3.05, 3.63) is 75.8 Å². The van der Waals surface area contributed by atoms with Crippen LogP contribution in [0.3, 0.4) is 0 Å². The highest BCUT2D eigenvalue weighted by Gasteiger charge is 2.25. The molecule has 0 amide bonds. The SMILES string of the molecule is CC(C)c1nc(CCc2ccccc2)c(C(=O)O)n1Cc1cc2c(cc1Cl)OCO2. The van der Waals surface area contributed by atoms with Crippen molar-refractivity contribution in [2.45, 2.75) is 39.2 Å². The minimum Gasteiger partial charge on any atom is -0.477 e. The first kappa shape index (κ1) is 20.3. The molecule has 0 bridgehead atoms. The topological polar surface area (TPSA) is 73.6 Å². The molecule has 0 fully saturated rings. The van der Waals surface area contributed by atoms with Crippen LogP contribution in [-0.4, -0.2) is 27.4 Å². The third-order valence-corrected chi connectivity index (χ3v) is 5.50.